The van der Waals surface area contributed by atoms with Crippen molar-refractivity contribution in [3.63, 3.8) is 0 Å². The van der Waals surface area contributed by atoms with Crippen LogP contribution in [0.15, 0.2) is 47.2 Å². The summed E-state index contributed by atoms with van der Waals surface area (Å²) in [7, 11) is 2.05. The maximum absolute atomic E-state index is 5.33. The van der Waals surface area contributed by atoms with Gasteiger partial charge in [-0.1, -0.05) is 35.5 Å². The third-order valence-electron chi connectivity index (χ3n) is 4.16. The molecule has 2 heterocycles. The molecule has 124 valence electrons. The van der Waals surface area contributed by atoms with Crippen molar-refractivity contribution in [1.82, 2.24) is 24.8 Å². The van der Waals surface area contributed by atoms with Crippen LogP contribution in [0.3, 0.4) is 0 Å². The van der Waals surface area contributed by atoms with Crippen molar-refractivity contribution >= 4 is 0 Å². The van der Waals surface area contributed by atoms with E-state index in [1.807, 2.05) is 29.1 Å². The normalized spacial score (nSPS) is 14.4. The summed E-state index contributed by atoms with van der Waals surface area (Å²) in [5.74, 6) is 2.09. The number of nitrogens with zero attached hydrogens (tertiary/aromatic N) is 5. The minimum Gasteiger partial charge on any atom is -0.338 e. The van der Waals surface area contributed by atoms with Crippen LogP contribution in [0.25, 0.3) is 0 Å². The average Bonchev–Trinajstić information content (AvgIpc) is 3.18. The third kappa shape index (κ3) is 3.71. The Bertz CT molecular complexity index is 791. The number of hydrogen-bond donors (Lipinski definition) is 0. The zero-order valence-corrected chi connectivity index (χ0v) is 13.8. The molecule has 0 aliphatic heterocycles. The Labute approximate surface area is 141 Å². The van der Waals surface area contributed by atoms with Gasteiger partial charge in [0.1, 0.15) is 0 Å². The second-order valence-electron chi connectivity index (χ2n) is 6.52. The van der Waals surface area contributed by atoms with Gasteiger partial charge in [-0.3, -0.25) is 9.58 Å². The van der Waals surface area contributed by atoms with Crippen molar-refractivity contribution in [2.45, 2.75) is 38.4 Å². The van der Waals surface area contributed by atoms with E-state index < -0.39 is 0 Å². The van der Waals surface area contributed by atoms with E-state index in [0.717, 1.165) is 18.9 Å². The second kappa shape index (κ2) is 6.57. The Hall–Kier alpha value is -2.47. The number of benzene rings is 1. The first-order valence-electron chi connectivity index (χ1n) is 8.32. The van der Waals surface area contributed by atoms with E-state index in [4.69, 9.17) is 4.52 Å². The van der Waals surface area contributed by atoms with Crippen molar-refractivity contribution in [2.75, 3.05) is 7.05 Å². The molecule has 0 bridgehead atoms. The molecule has 0 amide bonds. The molecule has 0 radical (unpaired) electrons. The highest BCUT2D eigenvalue weighted by Gasteiger charge is 2.28. The largest absolute Gasteiger partial charge is 0.338 e. The minimum atomic E-state index is 0.532. The molecule has 2 aromatic heterocycles. The summed E-state index contributed by atoms with van der Waals surface area (Å²) >= 11 is 0. The molecule has 3 aromatic rings. The van der Waals surface area contributed by atoms with Gasteiger partial charge in [0.2, 0.25) is 5.89 Å². The first kappa shape index (κ1) is 15.1. The Kier molecular flexibility index (Phi) is 4.13. The van der Waals surface area contributed by atoms with Crippen LogP contribution in [-0.4, -0.2) is 31.9 Å². The van der Waals surface area contributed by atoms with Crippen molar-refractivity contribution in [3.8, 4) is 0 Å². The van der Waals surface area contributed by atoms with Gasteiger partial charge in [-0.15, -0.1) is 0 Å². The first-order chi connectivity index (χ1) is 11.8. The first-order valence-corrected chi connectivity index (χ1v) is 8.32. The molecule has 0 N–H and O–H groups in total. The van der Waals surface area contributed by atoms with Crippen LogP contribution in [0.5, 0.6) is 0 Å². The van der Waals surface area contributed by atoms with Crippen LogP contribution >= 0.6 is 0 Å². The fourth-order valence-corrected chi connectivity index (χ4v) is 2.78. The lowest BCUT2D eigenvalue weighted by Gasteiger charge is -2.12. The van der Waals surface area contributed by atoms with E-state index in [2.05, 4.69) is 45.5 Å². The molecule has 1 aliphatic rings. The summed E-state index contributed by atoms with van der Waals surface area (Å²) in [5.41, 5.74) is 2.43. The van der Waals surface area contributed by atoms with Gasteiger partial charge in [0.25, 0.3) is 0 Å². The Morgan fingerprint density at radius 1 is 1.17 bits per heavy atom. The quantitative estimate of drug-likeness (QED) is 0.669. The molecule has 1 fully saturated rings. The molecule has 1 aromatic carbocycles. The lowest BCUT2D eigenvalue weighted by molar-refractivity contribution is 0.260. The molecule has 6 heteroatoms. The third-order valence-corrected chi connectivity index (χ3v) is 4.16. The summed E-state index contributed by atoms with van der Waals surface area (Å²) in [6, 6.07) is 10.3. The highest BCUT2D eigenvalue weighted by Crippen LogP contribution is 2.38. The fourth-order valence-electron chi connectivity index (χ4n) is 2.78. The molecule has 1 aliphatic carbocycles. The zero-order chi connectivity index (χ0) is 16.4. The number of aromatic nitrogens is 4. The van der Waals surface area contributed by atoms with E-state index in [1.165, 1.54) is 24.0 Å². The second-order valence-corrected chi connectivity index (χ2v) is 6.52. The summed E-state index contributed by atoms with van der Waals surface area (Å²) in [4.78, 5) is 6.64. The van der Waals surface area contributed by atoms with E-state index >= 15 is 0 Å². The topological polar surface area (TPSA) is 60.0 Å². The van der Waals surface area contributed by atoms with E-state index in [0.29, 0.717) is 18.4 Å². The average molecular weight is 323 g/mol. The molecule has 0 atom stereocenters. The van der Waals surface area contributed by atoms with Gasteiger partial charge in [-0.2, -0.15) is 10.1 Å². The van der Waals surface area contributed by atoms with Gasteiger partial charge in [0.05, 0.1) is 19.3 Å². The monoisotopic (exact) mass is 323 g/mol. The molecular weight excluding hydrogens is 302 g/mol. The molecule has 6 nitrogen and oxygen atoms in total. The lowest BCUT2D eigenvalue weighted by Crippen LogP contribution is -2.17. The van der Waals surface area contributed by atoms with Crippen molar-refractivity contribution < 1.29 is 4.52 Å². The minimum absolute atomic E-state index is 0.532. The van der Waals surface area contributed by atoms with Crippen LogP contribution in [0.4, 0.5) is 0 Å². The Morgan fingerprint density at radius 3 is 2.79 bits per heavy atom. The predicted molar refractivity (Wildman–Crippen MR) is 89.2 cm³/mol. The van der Waals surface area contributed by atoms with E-state index in [9.17, 15) is 0 Å². The Balaban J connectivity index is 1.32. The molecular formula is C18H21N5O. The molecule has 24 heavy (non-hydrogen) atoms. The standard InChI is InChI=1S/C18H21N5O/c1-22(13-17-20-18(21-24-17)16-7-8-16)10-15-9-19-23(12-15)11-14-5-3-2-4-6-14/h2-6,9,12,16H,7-8,10-11,13H2,1H3. The highest BCUT2D eigenvalue weighted by atomic mass is 16.5. The van der Waals surface area contributed by atoms with Crippen LogP contribution in [-0.2, 0) is 19.6 Å². The van der Waals surface area contributed by atoms with Gasteiger partial charge in [-0.05, 0) is 25.5 Å². The van der Waals surface area contributed by atoms with Gasteiger partial charge in [0.15, 0.2) is 5.82 Å². The van der Waals surface area contributed by atoms with E-state index in [-0.39, 0.29) is 0 Å². The van der Waals surface area contributed by atoms with Gasteiger partial charge < -0.3 is 4.52 Å². The smallest absolute Gasteiger partial charge is 0.240 e. The molecule has 1 saturated carbocycles. The predicted octanol–water partition coefficient (Wildman–Crippen LogP) is 2.82. The number of rotatable bonds is 7. The van der Waals surface area contributed by atoms with Crippen LogP contribution in [0.2, 0.25) is 0 Å². The highest BCUT2D eigenvalue weighted by molar-refractivity contribution is 5.15. The maximum atomic E-state index is 5.33. The van der Waals surface area contributed by atoms with Gasteiger partial charge in [0, 0.05) is 24.2 Å². The molecule has 4 rings (SSSR count). The summed E-state index contributed by atoms with van der Waals surface area (Å²) < 4.78 is 7.30. The van der Waals surface area contributed by atoms with Crippen LogP contribution < -0.4 is 0 Å². The molecule has 0 saturated heterocycles. The molecule has 0 spiro atoms. The number of hydrogen-bond acceptors (Lipinski definition) is 5. The van der Waals surface area contributed by atoms with Gasteiger partial charge in [-0.25, -0.2) is 0 Å². The van der Waals surface area contributed by atoms with Crippen molar-refractivity contribution in [3.05, 3.63) is 65.6 Å². The van der Waals surface area contributed by atoms with Crippen LogP contribution in [0, 0.1) is 0 Å². The van der Waals surface area contributed by atoms with Gasteiger partial charge >= 0.3 is 0 Å². The maximum Gasteiger partial charge on any atom is 0.240 e. The Morgan fingerprint density at radius 2 is 2.00 bits per heavy atom. The summed E-state index contributed by atoms with van der Waals surface area (Å²) in [5, 5.41) is 8.51. The van der Waals surface area contributed by atoms with Crippen molar-refractivity contribution in [2.24, 2.45) is 0 Å². The summed E-state index contributed by atoms with van der Waals surface area (Å²) in [6.07, 6.45) is 6.39. The molecule has 0 unspecified atom stereocenters. The van der Waals surface area contributed by atoms with Crippen LogP contribution in [0.1, 0.15) is 41.6 Å². The van der Waals surface area contributed by atoms with E-state index in [1.54, 1.807) is 0 Å². The zero-order valence-electron chi connectivity index (χ0n) is 13.8. The van der Waals surface area contributed by atoms with Crippen molar-refractivity contribution in [1.29, 1.82) is 0 Å². The lowest BCUT2D eigenvalue weighted by atomic mass is 10.2. The SMILES string of the molecule is CN(Cc1cnn(Cc2ccccc2)c1)Cc1nc(C2CC2)no1. The fraction of sp³-hybridized carbons (Fsp3) is 0.389. The summed E-state index contributed by atoms with van der Waals surface area (Å²) in [6.45, 7) is 2.25.